The lowest BCUT2D eigenvalue weighted by molar-refractivity contribution is -0.149. The standard InChI is InChI=1S/C24H36N4O6/c1-32-22(29)17-21(24(31)33-2)26-19-7-10-28(11-8-19)20-5-3-18(4-6-20)23(30)25-9-12-27-13-15-34-16-14-27/h3-6,19,21,26H,7-17H2,1-2H3,(H,25,30)/t21-/m0/s1. The molecule has 1 atom stereocenters. The first kappa shape index (κ1) is 25.9. The number of esters is 2. The molecule has 10 nitrogen and oxygen atoms in total. The zero-order valence-corrected chi connectivity index (χ0v) is 20.1. The van der Waals surface area contributed by atoms with Crippen LogP contribution in [0.5, 0.6) is 0 Å². The molecular formula is C24H36N4O6. The number of benzene rings is 1. The maximum atomic E-state index is 12.5. The Balaban J connectivity index is 1.43. The molecule has 1 amide bonds. The third-order valence-corrected chi connectivity index (χ3v) is 6.33. The van der Waals surface area contributed by atoms with Crippen molar-refractivity contribution in [2.75, 3.05) is 71.6 Å². The Kier molecular flexibility index (Phi) is 10.1. The molecule has 10 heteroatoms. The Morgan fingerprint density at radius 2 is 1.71 bits per heavy atom. The number of carbonyl (C=O) groups is 3. The van der Waals surface area contributed by atoms with E-state index in [0.29, 0.717) is 12.1 Å². The van der Waals surface area contributed by atoms with E-state index in [9.17, 15) is 14.4 Å². The number of morpholine rings is 1. The fourth-order valence-corrected chi connectivity index (χ4v) is 4.27. The summed E-state index contributed by atoms with van der Waals surface area (Å²) >= 11 is 0. The van der Waals surface area contributed by atoms with Crippen LogP contribution >= 0.6 is 0 Å². The molecule has 34 heavy (non-hydrogen) atoms. The van der Waals surface area contributed by atoms with E-state index in [1.54, 1.807) is 0 Å². The Morgan fingerprint density at radius 1 is 1.03 bits per heavy atom. The predicted octanol–water partition coefficient (Wildman–Crippen LogP) is 0.412. The molecule has 2 heterocycles. The van der Waals surface area contributed by atoms with Crippen molar-refractivity contribution in [3.8, 4) is 0 Å². The Hall–Kier alpha value is -2.69. The summed E-state index contributed by atoms with van der Waals surface area (Å²) in [4.78, 5) is 40.6. The monoisotopic (exact) mass is 476 g/mol. The second kappa shape index (κ2) is 13.3. The number of amides is 1. The lowest BCUT2D eigenvalue weighted by Crippen LogP contribution is -2.50. The van der Waals surface area contributed by atoms with Crippen molar-refractivity contribution in [1.82, 2.24) is 15.5 Å². The van der Waals surface area contributed by atoms with Crippen LogP contribution in [0.3, 0.4) is 0 Å². The van der Waals surface area contributed by atoms with Gasteiger partial charge in [-0.25, -0.2) is 0 Å². The van der Waals surface area contributed by atoms with Crippen LogP contribution < -0.4 is 15.5 Å². The van der Waals surface area contributed by atoms with Gasteiger partial charge in [0, 0.05) is 56.6 Å². The molecule has 1 aromatic carbocycles. The summed E-state index contributed by atoms with van der Waals surface area (Å²) < 4.78 is 14.8. The predicted molar refractivity (Wildman–Crippen MR) is 127 cm³/mol. The van der Waals surface area contributed by atoms with Gasteiger partial charge in [0.25, 0.3) is 5.91 Å². The van der Waals surface area contributed by atoms with Crippen LogP contribution in [-0.2, 0) is 23.8 Å². The number of anilines is 1. The molecule has 0 radical (unpaired) electrons. The maximum absolute atomic E-state index is 12.5. The zero-order chi connectivity index (χ0) is 24.3. The maximum Gasteiger partial charge on any atom is 0.323 e. The molecule has 2 saturated heterocycles. The van der Waals surface area contributed by atoms with Crippen LogP contribution in [-0.4, -0.2) is 102 Å². The lowest BCUT2D eigenvalue weighted by Gasteiger charge is -2.35. The van der Waals surface area contributed by atoms with E-state index < -0.39 is 18.0 Å². The Bertz CT molecular complexity index is 804. The van der Waals surface area contributed by atoms with Gasteiger partial charge in [-0.1, -0.05) is 0 Å². The smallest absolute Gasteiger partial charge is 0.323 e. The van der Waals surface area contributed by atoms with Gasteiger partial charge in [-0.3, -0.25) is 19.3 Å². The summed E-state index contributed by atoms with van der Waals surface area (Å²) in [5.74, 6) is -0.987. The fraction of sp³-hybridized carbons (Fsp3) is 0.625. The number of hydrogen-bond acceptors (Lipinski definition) is 9. The highest BCUT2D eigenvalue weighted by Crippen LogP contribution is 2.21. The van der Waals surface area contributed by atoms with E-state index in [4.69, 9.17) is 9.47 Å². The summed E-state index contributed by atoms with van der Waals surface area (Å²) in [5.41, 5.74) is 1.70. The molecule has 188 valence electrons. The van der Waals surface area contributed by atoms with Crippen molar-refractivity contribution in [1.29, 1.82) is 0 Å². The van der Waals surface area contributed by atoms with Gasteiger partial charge in [0.15, 0.2) is 0 Å². The second-order valence-corrected chi connectivity index (χ2v) is 8.54. The first-order valence-corrected chi connectivity index (χ1v) is 11.8. The van der Waals surface area contributed by atoms with Crippen LogP contribution in [0.1, 0.15) is 29.6 Å². The number of nitrogens with zero attached hydrogens (tertiary/aromatic N) is 2. The molecule has 0 aromatic heterocycles. The number of methoxy groups -OCH3 is 2. The third kappa shape index (κ3) is 7.68. The van der Waals surface area contributed by atoms with Crippen LogP contribution in [0.15, 0.2) is 24.3 Å². The summed E-state index contributed by atoms with van der Waals surface area (Å²) in [5, 5.41) is 6.23. The van der Waals surface area contributed by atoms with Crippen molar-refractivity contribution < 1.29 is 28.6 Å². The minimum atomic E-state index is -0.713. The molecule has 0 aliphatic carbocycles. The summed E-state index contributed by atoms with van der Waals surface area (Å²) in [7, 11) is 2.61. The number of nitrogens with one attached hydrogen (secondary N) is 2. The minimum absolute atomic E-state index is 0.0562. The number of rotatable bonds is 10. The molecule has 2 aliphatic rings. The van der Waals surface area contributed by atoms with Crippen molar-refractivity contribution >= 4 is 23.5 Å². The second-order valence-electron chi connectivity index (χ2n) is 8.54. The highest BCUT2D eigenvalue weighted by atomic mass is 16.5. The molecule has 2 fully saturated rings. The normalized spacial score (nSPS) is 18.2. The average molecular weight is 477 g/mol. The minimum Gasteiger partial charge on any atom is -0.469 e. The van der Waals surface area contributed by atoms with E-state index in [-0.39, 0.29) is 18.4 Å². The first-order chi connectivity index (χ1) is 16.5. The molecule has 1 aromatic rings. The van der Waals surface area contributed by atoms with E-state index >= 15 is 0 Å². The van der Waals surface area contributed by atoms with Crippen LogP contribution in [0.4, 0.5) is 5.69 Å². The van der Waals surface area contributed by atoms with E-state index in [2.05, 4.69) is 25.2 Å². The average Bonchev–Trinajstić information content (AvgIpc) is 2.88. The number of piperidine rings is 1. The van der Waals surface area contributed by atoms with Gasteiger partial charge >= 0.3 is 11.9 Å². The topological polar surface area (TPSA) is 109 Å². The van der Waals surface area contributed by atoms with Gasteiger partial charge in [-0.2, -0.15) is 0 Å². The summed E-state index contributed by atoms with van der Waals surface area (Å²) in [6.07, 6.45) is 1.58. The van der Waals surface area contributed by atoms with Crippen molar-refractivity contribution in [3.05, 3.63) is 29.8 Å². The number of hydrogen-bond donors (Lipinski definition) is 2. The van der Waals surface area contributed by atoms with Crippen LogP contribution in [0, 0.1) is 0 Å². The molecule has 0 spiro atoms. The quantitative estimate of drug-likeness (QED) is 0.464. The third-order valence-electron chi connectivity index (χ3n) is 6.33. The molecule has 3 rings (SSSR count). The Labute approximate surface area is 200 Å². The SMILES string of the molecule is COC(=O)C[C@H](NC1CCN(c2ccc(C(=O)NCCN3CCOCC3)cc2)CC1)C(=O)OC. The van der Waals surface area contributed by atoms with Gasteiger partial charge < -0.3 is 29.7 Å². The highest BCUT2D eigenvalue weighted by Gasteiger charge is 2.28. The van der Waals surface area contributed by atoms with E-state index in [1.165, 1.54) is 14.2 Å². The number of carbonyl (C=O) groups excluding carboxylic acids is 3. The number of ether oxygens (including phenoxy) is 3. The van der Waals surface area contributed by atoms with Gasteiger partial charge in [0.2, 0.25) is 0 Å². The highest BCUT2D eigenvalue weighted by molar-refractivity contribution is 5.94. The molecule has 2 aliphatic heterocycles. The van der Waals surface area contributed by atoms with Gasteiger partial charge in [0.1, 0.15) is 6.04 Å². The molecular weight excluding hydrogens is 440 g/mol. The van der Waals surface area contributed by atoms with Gasteiger partial charge in [0.05, 0.1) is 33.9 Å². The van der Waals surface area contributed by atoms with Crippen molar-refractivity contribution in [2.24, 2.45) is 0 Å². The van der Waals surface area contributed by atoms with Gasteiger partial charge in [-0.15, -0.1) is 0 Å². The lowest BCUT2D eigenvalue weighted by atomic mass is 10.0. The van der Waals surface area contributed by atoms with Crippen LogP contribution in [0.25, 0.3) is 0 Å². The molecule has 0 saturated carbocycles. The largest absolute Gasteiger partial charge is 0.469 e. The molecule has 0 unspecified atom stereocenters. The molecule has 0 bridgehead atoms. The van der Waals surface area contributed by atoms with Crippen molar-refractivity contribution in [3.63, 3.8) is 0 Å². The first-order valence-electron chi connectivity index (χ1n) is 11.8. The fourth-order valence-electron chi connectivity index (χ4n) is 4.27. The van der Waals surface area contributed by atoms with E-state index in [0.717, 1.165) is 64.5 Å². The summed E-state index contributed by atoms with van der Waals surface area (Å²) in [6, 6.07) is 7.04. The van der Waals surface area contributed by atoms with Crippen LogP contribution in [0.2, 0.25) is 0 Å². The zero-order valence-electron chi connectivity index (χ0n) is 20.1. The Morgan fingerprint density at radius 3 is 2.32 bits per heavy atom. The van der Waals surface area contributed by atoms with Crippen molar-refractivity contribution in [2.45, 2.75) is 31.3 Å². The molecule has 2 N–H and O–H groups in total. The van der Waals surface area contributed by atoms with E-state index in [1.807, 2.05) is 24.3 Å². The van der Waals surface area contributed by atoms with Gasteiger partial charge in [-0.05, 0) is 37.1 Å². The summed E-state index contributed by atoms with van der Waals surface area (Å²) in [6.45, 7) is 6.36.